The molecule has 122 valence electrons. The molecule has 0 aromatic carbocycles. The van der Waals surface area contributed by atoms with Crippen molar-refractivity contribution in [2.24, 2.45) is 7.05 Å². The molecule has 23 heavy (non-hydrogen) atoms. The fourth-order valence-corrected chi connectivity index (χ4v) is 3.14. The van der Waals surface area contributed by atoms with Gasteiger partial charge in [-0.05, 0) is 30.5 Å². The van der Waals surface area contributed by atoms with Gasteiger partial charge in [-0.25, -0.2) is 0 Å². The summed E-state index contributed by atoms with van der Waals surface area (Å²) in [4.78, 5) is 17.6. The summed E-state index contributed by atoms with van der Waals surface area (Å²) in [6, 6.07) is 3.65. The summed E-state index contributed by atoms with van der Waals surface area (Å²) >= 11 is 0. The largest absolute Gasteiger partial charge is 0.372 e. The fraction of sp³-hybridized carbons (Fsp3) is 0.412. The number of hydrogen-bond acceptors (Lipinski definition) is 3. The van der Waals surface area contributed by atoms with E-state index >= 15 is 0 Å². The summed E-state index contributed by atoms with van der Waals surface area (Å²) in [6.07, 6.45) is 8.95. The summed E-state index contributed by atoms with van der Waals surface area (Å²) in [5.74, 6) is 0.0218. The number of likely N-dealkylation sites (tertiary alicyclic amines) is 1. The molecule has 2 aromatic rings. The van der Waals surface area contributed by atoms with Crippen molar-refractivity contribution in [3.8, 4) is 0 Å². The predicted molar refractivity (Wildman–Crippen MR) is 87.1 cm³/mol. The molecule has 1 fully saturated rings. The van der Waals surface area contributed by atoms with Crippen molar-refractivity contribution in [1.82, 2.24) is 19.7 Å². The number of nitrogens with one attached hydrogen (secondary N) is 1. The molecule has 3 rings (SSSR count). The van der Waals surface area contributed by atoms with Crippen LogP contribution in [0.4, 0.5) is 0 Å². The Hall–Kier alpha value is -2.34. The molecule has 0 radical (unpaired) electrons. The summed E-state index contributed by atoms with van der Waals surface area (Å²) in [6.45, 7) is 4.90. The smallest absolute Gasteiger partial charge is 0.270 e. The first kappa shape index (κ1) is 15.6. The first-order chi connectivity index (χ1) is 11.2. The highest BCUT2D eigenvalue weighted by Crippen LogP contribution is 2.26. The van der Waals surface area contributed by atoms with Crippen LogP contribution in [0, 0.1) is 0 Å². The molecule has 1 aliphatic rings. The van der Waals surface area contributed by atoms with Crippen molar-refractivity contribution in [1.29, 1.82) is 0 Å². The quantitative estimate of drug-likeness (QED) is 0.827. The Bertz CT molecular complexity index is 662. The molecule has 6 heteroatoms. The lowest BCUT2D eigenvalue weighted by Crippen LogP contribution is -2.42. The van der Waals surface area contributed by atoms with E-state index in [1.54, 1.807) is 23.0 Å². The fourth-order valence-electron chi connectivity index (χ4n) is 3.14. The monoisotopic (exact) mass is 314 g/mol. The van der Waals surface area contributed by atoms with E-state index in [0.29, 0.717) is 18.8 Å². The van der Waals surface area contributed by atoms with Crippen LogP contribution in [0.25, 0.3) is 0 Å². The number of aryl methyl sites for hydroxylation is 1. The molecule has 1 saturated heterocycles. The van der Waals surface area contributed by atoms with Crippen LogP contribution in [0.3, 0.4) is 0 Å². The van der Waals surface area contributed by atoms with Gasteiger partial charge < -0.3 is 14.6 Å². The molecular weight excluding hydrogens is 292 g/mol. The first-order valence-corrected chi connectivity index (χ1v) is 7.83. The Balaban J connectivity index is 1.79. The average molecular weight is 314 g/mol. The lowest BCUT2D eigenvalue weighted by molar-refractivity contribution is 0.0377. The zero-order chi connectivity index (χ0) is 16.2. The summed E-state index contributed by atoms with van der Waals surface area (Å²) < 4.78 is 7.67. The Labute approximate surface area is 135 Å². The zero-order valence-corrected chi connectivity index (χ0v) is 13.3. The van der Waals surface area contributed by atoms with E-state index in [4.69, 9.17) is 4.74 Å². The second-order valence-electron chi connectivity index (χ2n) is 5.83. The highest BCUT2D eigenvalue weighted by Gasteiger charge is 2.38. The number of aromatic nitrogens is 3. The van der Waals surface area contributed by atoms with Crippen LogP contribution in [0.5, 0.6) is 0 Å². The van der Waals surface area contributed by atoms with Gasteiger partial charge in [0.1, 0.15) is 5.69 Å². The number of amides is 1. The zero-order valence-electron chi connectivity index (χ0n) is 13.3. The Kier molecular flexibility index (Phi) is 4.62. The normalized spacial score (nSPS) is 20.8. The van der Waals surface area contributed by atoms with E-state index in [-0.39, 0.29) is 18.1 Å². The maximum Gasteiger partial charge on any atom is 0.270 e. The molecule has 0 spiro atoms. The third kappa shape index (κ3) is 3.37. The van der Waals surface area contributed by atoms with Crippen LogP contribution in [-0.4, -0.2) is 50.9 Å². The molecule has 2 aromatic heterocycles. The SMILES string of the molecule is C=CCO[C@H]1CCN(C(=O)c2ccc[nH]2)[C@H]1Cc1cnn(C)c1. The predicted octanol–water partition coefficient (Wildman–Crippen LogP) is 1.78. The van der Waals surface area contributed by atoms with Gasteiger partial charge >= 0.3 is 0 Å². The van der Waals surface area contributed by atoms with Crippen LogP contribution < -0.4 is 0 Å². The number of aromatic amines is 1. The Morgan fingerprint density at radius 3 is 3.13 bits per heavy atom. The van der Waals surface area contributed by atoms with Crippen molar-refractivity contribution >= 4 is 5.91 Å². The molecule has 2 atom stereocenters. The Morgan fingerprint density at radius 2 is 2.48 bits per heavy atom. The number of ether oxygens (including phenoxy) is 1. The van der Waals surface area contributed by atoms with Crippen molar-refractivity contribution < 1.29 is 9.53 Å². The maximum absolute atomic E-state index is 12.7. The topological polar surface area (TPSA) is 63.1 Å². The van der Waals surface area contributed by atoms with Gasteiger partial charge in [0.05, 0.1) is 24.9 Å². The van der Waals surface area contributed by atoms with E-state index in [1.807, 2.05) is 30.4 Å². The van der Waals surface area contributed by atoms with Gasteiger partial charge in [0.2, 0.25) is 0 Å². The van der Waals surface area contributed by atoms with Crippen molar-refractivity contribution in [3.63, 3.8) is 0 Å². The van der Waals surface area contributed by atoms with Gasteiger partial charge in [-0.3, -0.25) is 9.48 Å². The van der Waals surface area contributed by atoms with E-state index in [1.165, 1.54) is 0 Å². The average Bonchev–Trinajstić information content (AvgIpc) is 3.27. The minimum atomic E-state index is 0.00921. The Morgan fingerprint density at radius 1 is 1.61 bits per heavy atom. The molecule has 3 heterocycles. The summed E-state index contributed by atoms with van der Waals surface area (Å²) in [5.41, 5.74) is 1.72. The standard InChI is InChI=1S/C17H22N4O2/c1-3-9-23-16-6-8-21(17(22)14-5-4-7-18-14)15(16)10-13-11-19-20(2)12-13/h3-5,7,11-12,15-16,18H,1,6,8-10H2,2H3/t15-,16-/m0/s1. The maximum atomic E-state index is 12.7. The minimum Gasteiger partial charge on any atom is -0.372 e. The van der Waals surface area contributed by atoms with Crippen molar-refractivity contribution in [3.05, 3.63) is 54.6 Å². The number of rotatable bonds is 6. The minimum absolute atomic E-state index is 0.00921. The van der Waals surface area contributed by atoms with Crippen LogP contribution >= 0.6 is 0 Å². The summed E-state index contributed by atoms with van der Waals surface area (Å²) in [7, 11) is 1.89. The number of nitrogens with zero attached hydrogens (tertiary/aromatic N) is 3. The van der Waals surface area contributed by atoms with Crippen LogP contribution in [-0.2, 0) is 18.2 Å². The molecule has 0 unspecified atom stereocenters. The molecule has 6 nitrogen and oxygen atoms in total. The van der Waals surface area contributed by atoms with Gasteiger partial charge in [0.25, 0.3) is 5.91 Å². The van der Waals surface area contributed by atoms with Crippen LogP contribution in [0.2, 0.25) is 0 Å². The van der Waals surface area contributed by atoms with Gasteiger partial charge in [-0.1, -0.05) is 6.08 Å². The highest BCUT2D eigenvalue weighted by molar-refractivity contribution is 5.92. The van der Waals surface area contributed by atoms with Crippen molar-refractivity contribution in [2.75, 3.05) is 13.2 Å². The molecule has 1 N–H and O–H groups in total. The molecule has 0 saturated carbocycles. The third-order valence-electron chi connectivity index (χ3n) is 4.20. The highest BCUT2D eigenvalue weighted by atomic mass is 16.5. The van der Waals surface area contributed by atoms with E-state index < -0.39 is 0 Å². The number of hydrogen-bond donors (Lipinski definition) is 1. The van der Waals surface area contributed by atoms with Gasteiger partial charge in [-0.15, -0.1) is 6.58 Å². The molecule has 1 amide bonds. The number of carbonyl (C=O) groups is 1. The second-order valence-corrected chi connectivity index (χ2v) is 5.83. The summed E-state index contributed by atoms with van der Waals surface area (Å²) in [5, 5.41) is 4.22. The van der Waals surface area contributed by atoms with Crippen LogP contribution in [0.15, 0.2) is 43.4 Å². The van der Waals surface area contributed by atoms with E-state index in [2.05, 4.69) is 16.7 Å². The van der Waals surface area contributed by atoms with Gasteiger partial charge in [-0.2, -0.15) is 5.10 Å². The van der Waals surface area contributed by atoms with E-state index in [9.17, 15) is 4.79 Å². The van der Waals surface area contributed by atoms with E-state index in [0.717, 1.165) is 18.4 Å². The lowest BCUT2D eigenvalue weighted by atomic mass is 10.0. The molecule has 1 aliphatic heterocycles. The van der Waals surface area contributed by atoms with Gasteiger partial charge in [0.15, 0.2) is 0 Å². The lowest BCUT2D eigenvalue weighted by Gasteiger charge is -2.27. The van der Waals surface area contributed by atoms with Gasteiger partial charge in [0, 0.05) is 26.0 Å². The van der Waals surface area contributed by atoms with Crippen LogP contribution in [0.1, 0.15) is 22.5 Å². The first-order valence-electron chi connectivity index (χ1n) is 7.83. The third-order valence-corrected chi connectivity index (χ3v) is 4.20. The number of carbonyl (C=O) groups excluding carboxylic acids is 1. The molecular formula is C17H22N4O2. The molecule has 0 aliphatic carbocycles. The van der Waals surface area contributed by atoms with Crippen molar-refractivity contribution in [2.45, 2.75) is 25.0 Å². The molecule has 0 bridgehead atoms. The number of H-pyrrole nitrogens is 1. The second kappa shape index (κ2) is 6.83.